The summed E-state index contributed by atoms with van der Waals surface area (Å²) in [5, 5.41) is 24.2. The number of H-pyrrole nitrogens is 1. The van der Waals surface area contributed by atoms with Gasteiger partial charge in [0, 0.05) is 31.1 Å². The number of carbonyl (C=O) groups is 2. The van der Waals surface area contributed by atoms with E-state index in [1.54, 1.807) is 17.9 Å². The van der Waals surface area contributed by atoms with Gasteiger partial charge in [-0.25, -0.2) is 4.79 Å². The summed E-state index contributed by atoms with van der Waals surface area (Å²) in [7, 11) is 0. The number of hydrogen-bond acceptors (Lipinski definition) is 5. The third-order valence-electron chi connectivity index (χ3n) is 4.53. The van der Waals surface area contributed by atoms with E-state index >= 15 is 0 Å². The number of aromatic nitrogens is 2. The minimum atomic E-state index is -1.77. The number of rotatable bonds is 6. The van der Waals surface area contributed by atoms with Crippen molar-refractivity contribution >= 4 is 11.9 Å². The van der Waals surface area contributed by atoms with Crippen LogP contribution in [-0.4, -0.2) is 50.2 Å². The topological polar surface area (TPSA) is 120 Å². The van der Waals surface area contributed by atoms with Gasteiger partial charge in [0.1, 0.15) is 5.69 Å². The Hall–Kier alpha value is -2.61. The summed E-state index contributed by atoms with van der Waals surface area (Å²) in [5.74, 6) is -1.30. The van der Waals surface area contributed by atoms with Crippen LogP contribution in [0.4, 0.5) is 0 Å². The molecule has 25 heavy (non-hydrogen) atoms. The lowest BCUT2D eigenvalue weighted by molar-refractivity contribution is -0.144. The monoisotopic (exact) mass is 347 g/mol. The van der Waals surface area contributed by atoms with E-state index in [0.717, 1.165) is 12.8 Å². The van der Waals surface area contributed by atoms with Gasteiger partial charge in [0.15, 0.2) is 11.4 Å². The van der Waals surface area contributed by atoms with Crippen LogP contribution in [0.1, 0.15) is 47.9 Å². The molecule has 3 rings (SSSR count). The number of aliphatic hydroxyl groups is 1. The van der Waals surface area contributed by atoms with Crippen molar-refractivity contribution in [2.75, 3.05) is 13.1 Å². The Labute approximate surface area is 144 Å². The van der Waals surface area contributed by atoms with E-state index in [1.165, 1.54) is 6.07 Å². The fourth-order valence-corrected chi connectivity index (χ4v) is 3.15. The number of aromatic carboxylic acids is 1. The molecular weight excluding hydrogens is 326 g/mol. The standard InChI is InChI=1S/C17H21N3O5/c1-3-4-6-20-7-5-17(24,16(20)23)11-9-12(15(21)22)18-14(11)13-8-10(2)19-25-13/h8-9,18,24H,3-7H2,1-2H3,(H,21,22). The zero-order valence-electron chi connectivity index (χ0n) is 14.2. The van der Waals surface area contributed by atoms with Gasteiger partial charge >= 0.3 is 5.97 Å². The van der Waals surface area contributed by atoms with Crippen molar-refractivity contribution in [2.24, 2.45) is 0 Å². The number of carbonyl (C=O) groups excluding carboxylic acids is 1. The molecule has 0 aliphatic carbocycles. The summed E-state index contributed by atoms with van der Waals surface area (Å²) in [6.45, 7) is 4.76. The number of likely N-dealkylation sites (tertiary alicyclic amines) is 1. The zero-order valence-corrected chi connectivity index (χ0v) is 14.2. The minimum absolute atomic E-state index is 0.118. The van der Waals surface area contributed by atoms with Crippen molar-refractivity contribution in [3.05, 3.63) is 29.1 Å². The molecule has 0 saturated carbocycles. The summed E-state index contributed by atoms with van der Waals surface area (Å²) in [5.41, 5.74) is -0.793. The average Bonchev–Trinajstić information content (AvgIpc) is 3.26. The molecule has 1 fully saturated rings. The Balaban J connectivity index is 2.04. The van der Waals surface area contributed by atoms with E-state index in [0.29, 0.717) is 18.8 Å². The predicted molar refractivity (Wildman–Crippen MR) is 88.0 cm³/mol. The summed E-state index contributed by atoms with van der Waals surface area (Å²) in [4.78, 5) is 28.5. The lowest BCUT2D eigenvalue weighted by atomic mass is 9.91. The van der Waals surface area contributed by atoms with Crippen molar-refractivity contribution in [3.8, 4) is 11.5 Å². The summed E-state index contributed by atoms with van der Waals surface area (Å²) >= 11 is 0. The van der Waals surface area contributed by atoms with Crippen molar-refractivity contribution in [3.63, 3.8) is 0 Å². The van der Waals surface area contributed by atoms with Crippen LogP contribution in [0.5, 0.6) is 0 Å². The van der Waals surface area contributed by atoms with E-state index in [1.807, 2.05) is 6.92 Å². The molecule has 134 valence electrons. The molecule has 3 heterocycles. The van der Waals surface area contributed by atoms with Crippen LogP contribution in [0.15, 0.2) is 16.7 Å². The second-order valence-corrected chi connectivity index (χ2v) is 6.37. The molecule has 0 spiro atoms. The van der Waals surface area contributed by atoms with Crippen molar-refractivity contribution < 1.29 is 24.3 Å². The Morgan fingerprint density at radius 1 is 1.48 bits per heavy atom. The van der Waals surface area contributed by atoms with E-state index in [-0.39, 0.29) is 29.1 Å². The van der Waals surface area contributed by atoms with Gasteiger partial charge in [-0.2, -0.15) is 0 Å². The Kier molecular flexibility index (Phi) is 4.38. The molecule has 1 aliphatic heterocycles. The second kappa shape index (κ2) is 6.36. The lowest BCUT2D eigenvalue weighted by Gasteiger charge is -2.22. The predicted octanol–water partition coefficient (Wildman–Crippen LogP) is 1.90. The number of hydrogen-bond donors (Lipinski definition) is 3. The quantitative estimate of drug-likeness (QED) is 0.734. The normalized spacial score (nSPS) is 20.4. The highest BCUT2D eigenvalue weighted by Gasteiger charge is 2.48. The van der Waals surface area contributed by atoms with E-state index in [2.05, 4.69) is 10.1 Å². The summed E-state index contributed by atoms with van der Waals surface area (Å²) in [6.07, 6.45) is 1.99. The number of aromatic amines is 1. The van der Waals surface area contributed by atoms with Crippen LogP contribution in [0.25, 0.3) is 11.5 Å². The SMILES string of the molecule is CCCCN1CCC(O)(c2cc(C(=O)O)[nH]c2-c2cc(C)no2)C1=O. The number of aryl methyl sites for hydroxylation is 1. The van der Waals surface area contributed by atoms with Gasteiger partial charge in [0.25, 0.3) is 5.91 Å². The molecule has 0 radical (unpaired) electrons. The molecule has 0 bridgehead atoms. The van der Waals surface area contributed by atoms with Crippen molar-refractivity contribution in [2.45, 2.75) is 38.7 Å². The maximum Gasteiger partial charge on any atom is 0.352 e. The van der Waals surface area contributed by atoms with E-state index in [4.69, 9.17) is 4.52 Å². The lowest BCUT2D eigenvalue weighted by Crippen LogP contribution is -2.38. The molecule has 1 amide bonds. The Bertz CT molecular complexity index is 809. The Morgan fingerprint density at radius 2 is 2.24 bits per heavy atom. The molecule has 2 aromatic rings. The second-order valence-electron chi connectivity index (χ2n) is 6.37. The number of amides is 1. The fraction of sp³-hybridized carbons (Fsp3) is 0.471. The van der Waals surface area contributed by atoms with Gasteiger partial charge in [-0.05, 0) is 19.4 Å². The van der Waals surface area contributed by atoms with Crippen LogP contribution in [0.2, 0.25) is 0 Å². The smallest absolute Gasteiger partial charge is 0.352 e. The first-order valence-corrected chi connectivity index (χ1v) is 8.29. The van der Waals surface area contributed by atoms with Gasteiger partial charge in [-0.1, -0.05) is 18.5 Å². The van der Waals surface area contributed by atoms with E-state index < -0.39 is 17.5 Å². The van der Waals surface area contributed by atoms with Crippen LogP contribution in [-0.2, 0) is 10.4 Å². The molecule has 3 N–H and O–H groups in total. The molecule has 1 unspecified atom stereocenters. The first-order valence-electron chi connectivity index (χ1n) is 8.29. The van der Waals surface area contributed by atoms with Crippen molar-refractivity contribution in [1.82, 2.24) is 15.0 Å². The fourth-order valence-electron chi connectivity index (χ4n) is 3.15. The van der Waals surface area contributed by atoms with Crippen LogP contribution >= 0.6 is 0 Å². The first-order chi connectivity index (χ1) is 11.9. The number of carboxylic acid groups (broad SMARTS) is 1. The maximum atomic E-state index is 12.8. The van der Waals surface area contributed by atoms with Crippen LogP contribution in [0.3, 0.4) is 0 Å². The van der Waals surface area contributed by atoms with Gasteiger partial charge in [-0.15, -0.1) is 0 Å². The molecule has 1 saturated heterocycles. The van der Waals surface area contributed by atoms with Crippen molar-refractivity contribution in [1.29, 1.82) is 0 Å². The first kappa shape index (κ1) is 17.2. The number of unbranched alkanes of at least 4 members (excludes halogenated alkanes) is 1. The zero-order chi connectivity index (χ0) is 18.2. The molecule has 0 aromatic carbocycles. The minimum Gasteiger partial charge on any atom is -0.477 e. The maximum absolute atomic E-state index is 12.8. The number of nitrogens with zero attached hydrogens (tertiary/aromatic N) is 2. The average molecular weight is 347 g/mol. The van der Waals surface area contributed by atoms with Gasteiger partial charge < -0.3 is 24.6 Å². The third kappa shape index (κ3) is 2.93. The van der Waals surface area contributed by atoms with Gasteiger partial charge in [-0.3, -0.25) is 4.79 Å². The Morgan fingerprint density at radius 3 is 2.84 bits per heavy atom. The highest BCUT2D eigenvalue weighted by Crippen LogP contribution is 2.39. The van der Waals surface area contributed by atoms with Gasteiger partial charge in [0.2, 0.25) is 0 Å². The molecule has 2 aromatic heterocycles. The van der Waals surface area contributed by atoms with Crippen LogP contribution < -0.4 is 0 Å². The number of carboxylic acids is 1. The highest BCUT2D eigenvalue weighted by atomic mass is 16.5. The molecule has 8 heteroatoms. The van der Waals surface area contributed by atoms with Crippen LogP contribution in [0, 0.1) is 6.92 Å². The third-order valence-corrected chi connectivity index (χ3v) is 4.53. The van der Waals surface area contributed by atoms with Gasteiger partial charge in [0.05, 0.1) is 11.4 Å². The summed E-state index contributed by atoms with van der Waals surface area (Å²) in [6, 6.07) is 2.93. The number of nitrogens with one attached hydrogen (secondary N) is 1. The molecule has 1 aliphatic rings. The van der Waals surface area contributed by atoms with E-state index in [9.17, 15) is 19.8 Å². The highest BCUT2D eigenvalue weighted by molar-refractivity contribution is 5.93. The summed E-state index contributed by atoms with van der Waals surface area (Å²) < 4.78 is 5.21. The largest absolute Gasteiger partial charge is 0.477 e. The molecule has 1 atom stereocenters. The molecule has 8 nitrogen and oxygen atoms in total. The molecular formula is C17H21N3O5.